The van der Waals surface area contributed by atoms with Crippen LogP contribution in [0.1, 0.15) is 0 Å². The number of amides is 2. The molecule has 0 aliphatic carbocycles. The maximum atomic E-state index is 10.8. The highest BCUT2D eigenvalue weighted by atomic mass is 16.3. The Morgan fingerprint density at radius 1 is 0.929 bits per heavy atom. The van der Waals surface area contributed by atoms with Crippen LogP contribution < -0.4 is 10.6 Å². The van der Waals surface area contributed by atoms with Crippen LogP contribution in [0.3, 0.4) is 0 Å². The first-order valence-corrected chi connectivity index (χ1v) is 4.00. The Morgan fingerprint density at radius 2 is 1.29 bits per heavy atom. The molecule has 0 radical (unpaired) electrons. The molecular weight excluding hydrogens is 188 g/mol. The summed E-state index contributed by atoms with van der Waals surface area (Å²) >= 11 is 0. The van der Waals surface area contributed by atoms with Crippen molar-refractivity contribution in [1.29, 1.82) is 0 Å². The van der Waals surface area contributed by atoms with Crippen LogP contribution in [0.2, 0.25) is 0 Å². The highest BCUT2D eigenvalue weighted by Gasteiger charge is 1.95. The summed E-state index contributed by atoms with van der Waals surface area (Å²) in [5.41, 5.74) is 0. The minimum absolute atomic E-state index is 0.103. The van der Waals surface area contributed by atoms with Gasteiger partial charge in [-0.15, -0.1) is 0 Å². The number of nitrogens with one attached hydrogen (secondary N) is 2. The first-order chi connectivity index (χ1) is 6.70. The van der Waals surface area contributed by atoms with Gasteiger partial charge in [0, 0.05) is 24.9 Å². The predicted molar refractivity (Wildman–Crippen MR) is 48.0 cm³/mol. The van der Waals surface area contributed by atoms with Crippen LogP contribution in [0.4, 0.5) is 0 Å². The van der Waals surface area contributed by atoms with E-state index in [9.17, 15) is 9.59 Å². The molecule has 0 rings (SSSR count). The summed E-state index contributed by atoms with van der Waals surface area (Å²) in [4.78, 5) is 21.5. The van der Waals surface area contributed by atoms with Crippen LogP contribution in [-0.2, 0) is 9.59 Å². The van der Waals surface area contributed by atoms with Crippen LogP contribution >= 0.6 is 0 Å². The monoisotopic (exact) mass is 200 g/mol. The van der Waals surface area contributed by atoms with Gasteiger partial charge in [-0.05, 0) is 0 Å². The molecule has 78 valence electrons. The summed E-state index contributed by atoms with van der Waals surface area (Å²) in [5, 5.41) is 21.2. The second kappa shape index (κ2) is 8.04. The standard InChI is InChI=1S/C8H12N2O4/c11-5-3-9-7(13)1-2-8(14)10-4-6-12/h11-12H,3-6H2,(H,9,13)(H,10,14). The molecule has 0 saturated heterocycles. The van der Waals surface area contributed by atoms with Crippen molar-refractivity contribution in [3.8, 4) is 11.8 Å². The second-order valence-corrected chi connectivity index (χ2v) is 2.21. The molecule has 0 aliphatic rings. The van der Waals surface area contributed by atoms with Crippen molar-refractivity contribution in [1.82, 2.24) is 10.6 Å². The number of carbonyl (C=O) groups is 2. The van der Waals surface area contributed by atoms with Crippen LogP contribution in [0, 0.1) is 11.8 Å². The number of hydrogen-bond acceptors (Lipinski definition) is 4. The first kappa shape index (κ1) is 12.4. The number of aliphatic hydroxyl groups excluding tert-OH is 2. The molecule has 0 aromatic heterocycles. The summed E-state index contributed by atoms with van der Waals surface area (Å²) in [6.45, 7) is -0.147. The van der Waals surface area contributed by atoms with E-state index in [0.29, 0.717) is 0 Å². The largest absolute Gasteiger partial charge is 0.395 e. The molecule has 0 bridgehead atoms. The Morgan fingerprint density at radius 3 is 1.57 bits per heavy atom. The molecule has 6 heteroatoms. The Labute approximate surface area is 81.3 Å². The Balaban J connectivity index is 3.78. The maximum Gasteiger partial charge on any atom is 0.296 e. The van der Waals surface area contributed by atoms with Gasteiger partial charge in [-0.3, -0.25) is 9.59 Å². The van der Waals surface area contributed by atoms with Crippen molar-refractivity contribution >= 4 is 11.8 Å². The lowest BCUT2D eigenvalue weighted by atomic mass is 10.5. The van der Waals surface area contributed by atoms with E-state index in [1.165, 1.54) is 0 Å². The maximum absolute atomic E-state index is 10.8. The molecule has 14 heavy (non-hydrogen) atoms. The summed E-state index contributed by atoms with van der Waals surface area (Å²) in [6.07, 6.45) is 0. The van der Waals surface area contributed by atoms with Crippen LogP contribution in [0.15, 0.2) is 0 Å². The predicted octanol–water partition coefficient (Wildman–Crippen LogP) is -2.79. The minimum atomic E-state index is -0.627. The average molecular weight is 200 g/mol. The molecule has 0 saturated carbocycles. The topological polar surface area (TPSA) is 98.7 Å². The highest BCUT2D eigenvalue weighted by molar-refractivity contribution is 6.02. The van der Waals surface area contributed by atoms with E-state index >= 15 is 0 Å². The fourth-order valence-corrected chi connectivity index (χ4v) is 0.541. The lowest BCUT2D eigenvalue weighted by molar-refractivity contribution is -0.117. The van der Waals surface area contributed by atoms with Gasteiger partial charge in [-0.25, -0.2) is 0 Å². The zero-order valence-corrected chi connectivity index (χ0v) is 7.54. The van der Waals surface area contributed by atoms with Crippen LogP contribution in [0.25, 0.3) is 0 Å². The summed E-state index contributed by atoms with van der Waals surface area (Å²) in [7, 11) is 0. The molecule has 0 unspecified atom stereocenters. The van der Waals surface area contributed by atoms with Gasteiger partial charge in [0.05, 0.1) is 13.2 Å². The summed E-state index contributed by atoms with van der Waals surface area (Å²) in [6, 6.07) is 0. The number of aliphatic hydroxyl groups is 2. The van der Waals surface area contributed by atoms with E-state index < -0.39 is 11.8 Å². The van der Waals surface area contributed by atoms with Gasteiger partial charge in [0.15, 0.2) is 0 Å². The number of hydrogen-bond donors (Lipinski definition) is 4. The zero-order valence-electron chi connectivity index (χ0n) is 7.54. The van der Waals surface area contributed by atoms with Gasteiger partial charge in [-0.2, -0.15) is 0 Å². The molecule has 0 fully saturated rings. The lowest BCUT2D eigenvalue weighted by Crippen LogP contribution is -2.27. The van der Waals surface area contributed by atoms with Gasteiger partial charge < -0.3 is 20.8 Å². The normalized spacial score (nSPS) is 8.43. The van der Waals surface area contributed by atoms with Gasteiger partial charge >= 0.3 is 0 Å². The van der Waals surface area contributed by atoms with Crippen LogP contribution in [0.5, 0.6) is 0 Å². The molecule has 0 aromatic rings. The molecule has 0 heterocycles. The van der Waals surface area contributed by atoms with Crippen molar-refractivity contribution in [2.75, 3.05) is 26.3 Å². The molecule has 2 amide bonds. The second-order valence-electron chi connectivity index (χ2n) is 2.21. The molecule has 0 aromatic carbocycles. The van der Waals surface area contributed by atoms with Crippen molar-refractivity contribution in [2.45, 2.75) is 0 Å². The minimum Gasteiger partial charge on any atom is -0.395 e. The van der Waals surface area contributed by atoms with Gasteiger partial charge in [0.1, 0.15) is 0 Å². The fraction of sp³-hybridized carbons (Fsp3) is 0.500. The van der Waals surface area contributed by atoms with Crippen molar-refractivity contribution in [3.05, 3.63) is 0 Å². The zero-order chi connectivity index (χ0) is 10.8. The van der Waals surface area contributed by atoms with E-state index in [-0.39, 0.29) is 26.3 Å². The smallest absolute Gasteiger partial charge is 0.296 e. The fourth-order valence-electron chi connectivity index (χ4n) is 0.541. The average Bonchev–Trinajstić information content (AvgIpc) is 2.20. The van der Waals surface area contributed by atoms with Gasteiger partial charge in [-0.1, -0.05) is 0 Å². The highest BCUT2D eigenvalue weighted by Crippen LogP contribution is 1.65. The SMILES string of the molecule is O=C(C#CC(=O)NCCO)NCCO. The Bertz CT molecular complexity index is 230. The number of carbonyl (C=O) groups excluding carboxylic acids is 2. The van der Waals surface area contributed by atoms with E-state index in [0.717, 1.165) is 0 Å². The number of rotatable bonds is 4. The van der Waals surface area contributed by atoms with Gasteiger partial charge in [0.2, 0.25) is 0 Å². The first-order valence-electron chi connectivity index (χ1n) is 4.00. The van der Waals surface area contributed by atoms with E-state index in [1.807, 2.05) is 11.8 Å². The molecule has 6 nitrogen and oxygen atoms in total. The lowest BCUT2D eigenvalue weighted by Gasteiger charge is -1.95. The molecule has 0 spiro atoms. The quantitative estimate of drug-likeness (QED) is 0.368. The Kier molecular flexibility index (Phi) is 7.13. The van der Waals surface area contributed by atoms with Crippen LogP contribution in [-0.4, -0.2) is 48.3 Å². The van der Waals surface area contributed by atoms with E-state index in [1.54, 1.807) is 0 Å². The third kappa shape index (κ3) is 7.09. The molecule has 0 atom stereocenters. The molecular formula is C8H12N2O4. The summed E-state index contributed by atoms with van der Waals surface area (Å²) < 4.78 is 0. The van der Waals surface area contributed by atoms with Crippen molar-refractivity contribution in [3.63, 3.8) is 0 Å². The van der Waals surface area contributed by atoms with Crippen molar-refractivity contribution < 1.29 is 19.8 Å². The molecule has 0 aliphatic heterocycles. The van der Waals surface area contributed by atoms with Gasteiger partial charge in [0.25, 0.3) is 11.8 Å². The third-order valence-corrected chi connectivity index (χ3v) is 1.08. The van der Waals surface area contributed by atoms with E-state index in [2.05, 4.69) is 10.6 Å². The summed E-state index contributed by atoms with van der Waals surface area (Å²) in [5.74, 6) is 2.79. The van der Waals surface area contributed by atoms with Crippen molar-refractivity contribution in [2.24, 2.45) is 0 Å². The third-order valence-electron chi connectivity index (χ3n) is 1.08. The Hall–Kier alpha value is -1.58. The molecule has 4 N–H and O–H groups in total. The van der Waals surface area contributed by atoms with E-state index in [4.69, 9.17) is 10.2 Å².